The third kappa shape index (κ3) is 3.50. The minimum Gasteiger partial charge on any atom is -0.497 e. The van der Waals surface area contributed by atoms with Crippen molar-refractivity contribution in [1.29, 1.82) is 0 Å². The van der Waals surface area contributed by atoms with E-state index in [1.807, 2.05) is 47.0 Å². The lowest BCUT2D eigenvalue weighted by molar-refractivity contribution is 0.0991. The molecule has 7 heteroatoms. The summed E-state index contributed by atoms with van der Waals surface area (Å²) in [6.07, 6.45) is 2.68. The molecule has 0 amide bonds. The van der Waals surface area contributed by atoms with Gasteiger partial charge in [-0.3, -0.25) is 14.3 Å². The lowest BCUT2D eigenvalue weighted by Gasteiger charge is -2.10. The van der Waals surface area contributed by atoms with Crippen molar-refractivity contribution in [3.63, 3.8) is 0 Å². The Bertz CT molecular complexity index is 1230. The fraction of sp³-hybridized carbons (Fsp3) is 0.174. The molecule has 2 heterocycles. The lowest BCUT2D eigenvalue weighted by atomic mass is 10.0. The van der Waals surface area contributed by atoms with E-state index < -0.39 is 5.82 Å². The van der Waals surface area contributed by atoms with E-state index in [0.717, 1.165) is 28.5 Å². The smallest absolute Gasteiger partial charge is 0.301 e. The van der Waals surface area contributed by atoms with Crippen molar-refractivity contribution in [2.24, 2.45) is 0 Å². The summed E-state index contributed by atoms with van der Waals surface area (Å²) < 4.78 is 26.3. The van der Waals surface area contributed by atoms with Crippen LogP contribution in [0.15, 0.2) is 54.9 Å². The predicted molar refractivity (Wildman–Crippen MR) is 111 cm³/mol. The second kappa shape index (κ2) is 7.94. The van der Waals surface area contributed by atoms with Crippen molar-refractivity contribution >= 4 is 16.8 Å². The fourth-order valence-electron chi connectivity index (χ4n) is 3.38. The second-order valence-electron chi connectivity index (χ2n) is 6.85. The zero-order valence-corrected chi connectivity index (χ0v) is 16.8. The number of Topliss-reactive ketones (excluding diaryl/α,β-unsaturated/α-hetero) is 1. The first kappa shape index (κ1) is 19.6. The van der Waals surface area contributed by atoms with Crippen molar-refractivity contribution in [1.82, 2.24) is 14.5 Å². The number of ketones is 1. The molecule has 0 unspecified atom stereocenters. The zero-order valence-electron chi connectivity index (χ0n) is 16.8. The van der Waals surface area contributed by atoms with Gasteiger partial charge in [0.05, 0.1) is 37.1 Å². The lowest BCUT2D eigenvalue weighted by Crippen LogP contribution is -2.08. The number of rotatable bonds is 6. The molecule has 4 rings (SSSR count). The summed E-state index contributed by atoms with van der Waals surface area (Å²) in [7, 11) is 3.17. The Morgan fingerprint density at radius 3 is 2.53 bits per heavy atom. The van der Waals surface area contributed by atoms with Gasteiger partial charge in [-0.15, -0.1) is 0 Å². The van der Waals surface area contributed by atoms with Crippen molar-refractivity contribution in [3.05, 3.63) is 77.4 Å². The van der Waals surface area contributed by atoms with E-state index in [1.54, 1.807) is 21.1 Å². The van der Waals surface area contributed by atoms with Crippen LogP contribution in [0.2, 0.25) is 0 Å². The number of benzene rings is 2. The van der Waals surface area contributed by atoms with Crippen molar-refractivity contribution in [2.45, 2.75) is 13.3 Å². The van der Waals surface area contributed by atoms with E-state index in [4.69, 9.17) is 9.47 Å². The van der Waals surface area contributed by atoms with Gasteiger partial charge in [-0.25, -0.2) is 4.39 Å². The highest BCUT2D eigenvalue weighted by Gasteiger charge is 2.16. The molecule has 2 aromatic carbocycles. The van der Waals surface area contributed by atoms with Crippen LogP contribution in [0.5, 0.6) is 11.8 Å². The van der Waals surface area contributed by atoms with Crippen LogP contribution in [0.1, 0.15) is 21.5 Å². The number of hydrogen-bond acceptors (Lipinski definition) is 5. The predicted octanol–water partition coefficient (Wildman–Crippen LogP) is 4.31. The van der Waals surface area contributed by atoms with E-state index >= 15 is 0 Å². The third-order valence-electron chi connectivity index (χ3n) is 5.03. The second-order valence-corrected chi connectivity index (χ2v) is 6.85. The van der Waals surface area contributed by atoms with Gasteiger partial charge in [0.2, 0.25) is 0 Å². The van der Waals surface area contributed by atoms with Gasteiger partial charge in [0.25, 0.3) is 0 Å². The highest BCUT2D eigenvalue weighted by atomic mass is 19.1. The first-order valence-electron chi connectivity index (χ1n) is 9.35. The molecule has 0 atom stereocenters. The maximum atomic E-state index is 13.7. The van der Waals surface area contributed by atoms with Crippen molar-refractivity contribution in [3.8, 4) is 17.4 Å². The normalized spacial score (nSPS) is 10.9. The minimum atomic E-state index is -0.480. The largest absolute Gasteiger partial charge is 0.497 e. The number of aromatic nitrogens is 3. The molecule has 6 nitrogen and oxygen atoms in total. The zero-order chi connectivity index (χ0) is 21.3. The van der Waals surface area contributed by atoms with Crippen LogP contribution >= 0.6 is 0 Å². The Balaban J connectivity index is 1.64. The maximum absolute atomic E-state index is 13.7. The van der Waals surface area contributed by atoms with Crippen LogP contribution in [0, 0.1) is 12.7 Å². The summed E-state index contributed by atoms with van der Waals surface area (Å²) in [6, 6.07) is 13.6. The quantitative estimate of drug-likeness (QED) is 0.447. The van der Waals surface area contributed by atoms with E-state index in [-0.39, 0.29) is 12.2 Å². The molecule has 0 fully saturated rings. The molecular weight excluding hydrogens is 385 g/mol. The number of ether oxygens (including phenoxy) is 2. The Labute approximate surface area is 172 Å². The summed E-state index contributed by atoms with van der Waals surface area (Å²) in [5.74, 6) is 0.0581. The monoisotopic (exact) mass is 405 g/mol. The van der Waals surface area contributed by atoms with Crippen LogP contribution in [-0.4, -0.2) is 34.5 Å². The number of nitrogens with zero attached hydrogens (tertiary/aromatic N) is 3. The fourth-order valence-corrected chi connectivity index (χ4v) is 3.38. The number of imidazole rings is 1. The number of fused-ring (bicyclic) bond motifs is 1. The first-order valence-corrected chi connectivity index (χ1v) is 9.35. The SMILES string of the molecule is COc1ccc2c(c1)nc(OC)n2-c1ccc(CC(=O)c2cncc(F)c2C)cc1. The molecule has 0 saturated heterocycles. The highest BCUT2D eigenvalue weighted by Crippen LogP contribution is 2.29. The number of halogens is 1. The number of methoxy groups -OCH3 is 2. The van der Waals surface area contributed by atoms with Crippen molar-refractivity contribution in [2.75, 3.05) is 14.2 Å². The minimum absolute atomic E-state index is 0.158. The van der Waals surface area contributed by atoms with E-state index in [0.29, 0.717) is 22.9 Å². The molecule has 152 valence electrons. The Kier molecular flexibility index (Phi) is 5.18. The summed E-state index contributed by atoms with van der Waals surface area (Å²) >= 11 is 0. The summed E-state index contributed by atoms with van der Waals surface area (Å²) in [5, 5.41) is 0. The summed E-state index contributed by atoms with van der Waals surface area (Å²) in [5.41, 5.74) is 3.90. The molecule has 0 N–H and O–H groups in total. The molecule has 4 aromatic rings. The molecule has 0 spiro atoms. The average molecular weight is 405 g/mol. The van der Waals surface area contributed by atoms with Crippen LogP contribution in [0.3, 0.4) is 0 Å². The Morgan fingerprint density at radius 2 is 1.83 bits per heavy atom. The molecular formula is C23H20FN3O3. The maximum Gasteiger partial charge on any atom is 0.301 e. The van der Waals surface area contributed by atoms with Gasteiger partial charge in [-0.1, -0.05) is 12.1 Å². The first-order chi connectivity index (χ1) is 14.5. The van der Waals surface area contributed by atoms with Gasteiger partial charge < -0.3 is 9.47 Å². The molecule has 0 radical (unpaired) electrons. The number of carbonyl (C=O) groups excluding carboxylic acids is 1. The van der Waals surface area contributed by atoms with Crippen LogP contribution in [-0.2, 0) is 6.42 Å². The Morgan fingerprint density at radius 1 is 1.07 bits per heavy atom. The van der Waals surface area contributed by atoms with Gasteiger partial charge in [0.1, 0.15) is 11.6 Å². The highest BCUT2D eigenvalue weighted by molar-refractivity contribution is 5.98. The molecule has 0 bridgehead atoms. The van der Waals surface area contributed by atoms with E-state index in [1.165, 1.54) is 6.20 Å². The van der Waals surface area contributed by atoms with Gasteiger partial charge >= 0.3 is 6.01 Å². The molecule has 30 heavy (non-hydrogen) atoms. The molecule has 2 aromatic heterocycles. The molecule has 0 saturated carbocycles. The van der Waals surface area contributed by atoms with Gasteiger partial charge in [0, 0.05) is 24.2 Å². The van der Waals surface area contributed by atoms with E-state index in [9.17, 15) is 9.18 Å². The van der Waals surface area contributed by atoms with Crippen LogP contribution < -0.4 is 9.47 Å². The van der Waals surface area contributed by atoms with Gasteiger partial charge in [-0.05, 0) is 42.3 Å². The number of hydrogen-bond donors (Lipinski definition) is 0. The average Bonchev–Trinajstić information content (AvgIpc) is 3.13. The summed E-state index contributed by atoms with van der Waals surface area (Å²) in [4.78, 5) is 20.9. The molecule has 0 aliphatic rings. The number of pyridine rings is 1. The van der Waals surface area contributed by atoms with E-state index in [2.05, 4.69) is 9.97 Å². The topological polar surface area (TPSA) is 66.2 Å². The van der Waals surface area contributed by atoms with Crippen molar-refractivity contribution < 1.29 is 18.7 Å². The molecule has 0 aliphatic carbocycles. The van der Waals surface area contributed by atoms with Gasteiger partial charge in [-0.2, -0.15) is 4.98 Å². The number of carbonyl (C=O) groups is 1. The van der Waals surface area contributed by atoms with Crippen LogP contribution in [0.25, 0.3) is 16.7 Å². The van der Waals surface area contributed by atoms with Crippen LogP contribution in [0.4, 0.5) is 4.39 Å². The Hall–Kier alpha value is -3.74. The van der Waals surface area contributed by atoms with Gasteiger partial charge in [0.15, 0.2) is 5.78 Å². The standard InChI is InChI=1S/C23H20FN3O3/c1-14-18(12-25-13-19(14)24)22(28)10-15-4-6-16(7-5-15)27-21-9-8-17(29-2)11-20(21)26-23(27)30-3/h4-9,11-13H,10H2,1-3H3. The summed E-state index contributed by atoms with van der Waals surface area (Å²) in [6.45, 7) is 1.58. The molecule has 0 aliphatic heterocycles. The third-order valence-corrected chi connectivity index (χ3v) is 5.03.